The molecule has 0 N–H and O–H groups in total. The van der Waals surface area contributed by atoms with Crippen LogP contribution in [0.3, 0.4) is 0 Å². The van der Waals surface area contributed by atoms with Gasteiger partial charge < -0.3 is 8.97 Å². The van der Waals surface area contributed by atoms with Crippen molar-refractivity contribution in [2.75, 3.05) is 47.8 Å². The SMILES string of the molecule is C[N+]1(C)CC2C3C=CC(C2C1)[N+](C)(C)C3. The van der Waals surface area contributed by atoms with Crippen molar-refractivity contribution in [3.05, 3.63) is 12.2 Å². The van der Waals surface area contributed by atoms with E-state index in [1.54, 1.807) is 0 Å². The van der Waals surface area contributed by atoms with Gasteiger partial charge in [0.2, 0.25) is 0 Å². The summed E-state index contributed by atoms with van der Waals surface area (Å²) in [5.74, 6) is 2.77. The van der Waals surface area contributed by atoms with Crippen molar-refractivity contribution in [2.24, 2.45) is 17.8 Å². The van der Waals surface area contributed by atoms with Crippen molar-refractivity contribution in [1.29, 1.82) is 0 Å². The van der Waals surface area contributed by atoms with E-state index < -0.39 is 0 Å². The largest absolute Gasteiger partial charge is 0.328 e. The molecule has 0 radical (unpaired) electrons. The molecule has 4 unspecified atom stereocenters. The van der Waals surface area contributed by atoms with Gasteiger partial charge in [-0.2, -0.15) is 0 Å². The lowest BCUT2D eigenvalue weighted by atomic mass is 9.70. The van der Waals surface area contributed by atoms with E-state index in [2.05, 4.69) is 40.3 Å². The average molecular weight is 208 g/mol. The molecule has 0 saturated carbocycles. The molecule has 2 nitrogen and oxygen atoms in total. The third-order valence-electron chi connectivity index (χ3n) is 4.99. The van der Waals surface area contributed by atoms with Crippen LogP contribution in [0.5, 0.6) is 0 Å². The zero-order chi connectivity index (χ0) is 10.8. The first kappa shape index (κ1) is 9.86. The van der Waals surface area contributed by atoms with E-state index in [1.807, 2.05) is 0 Å². The van der Waals surface area contributed by atoms with Crippen molar-refractivity contribution in [3.8, 4) is 0 Å². The summed E-state index contributed by atoms with van der Waals surface area (Å²) in [6.07, 6.45) is 5.03. The summed E-state index contributed by atoms with van der Waals surface area (Å²) < 4.78 is 2.46. The van der Waals surface area contributed by atoms with Gasteiger partial charge in [-0.1, -0.05) is 6.08 Å². The van der Waals surface area contributed by atoms with Crippen LogP contribution < -0.4 is 0 Å². The molecule has 0 aromatic carbocycles. The van der Waals surface area contributed by atoms with Gasteiger partial charge in [0.1, 0.15) is 6.04 Å². The van der Waals surface area contributed by atoms with Crippen LogP contribution in [0.1, 0.15) is 0 Å². The molecule has 2 saturated heterocycles. The van der Waals surface area contributed by atoms with Crippen LogP contribution in [0.15, 0.2) is 12.2 Å². The highest BCUT2D eigenvalue weighted by Crippen LogP contribution is 2.46. The molecular weight excluding hydrogens is 184 g/mol. The zero-order valence-corrected chi connectivity index (χ0v) is 10.5. The minimum absolute atomic E-state index is 0.792. The maximum atomic E-state index is 2.51. The van der Waals surface area contributed by atoms with Crippen LogP contribution >= 0.6 is 0 Å². The van der Waals surface area contributed by atoms with Crippen LogP contribution in [0, 0.1) is 17.8 Å². The third kappa shape index (κ3) is 1.31. The van der Waals surface area contributed by atoms with Gasteiger partial charge in [-0.05, 0) is 6.08 Å². The number of quaternary nitrogens is 2. The van der Waals surface area contributed by atoms with Crippen molar-refractivity contribution in [3.63, 3.8) is 0 Å². The minimum atomic E-state index is 0.792. The number of likely N-dealkylation sites (N-methyl/N-ethyl adjacent to an activating group) is 1. The monoisotopic (exact) mass is 208 g/mol. The van der Waals surface area contributed by atoms with E-state index >= 15 is 0 Å². The maximum absolute atomic E-state index is 2.51. The maximum Gasteiger partial charge on any atom is 0.116 e. The number of rotatable bonds is 0. The van der Waals surface area contributed by atoms with Crippen LogP contribution in [0.25, 0.3) is 0 Å². The third-order valence-corrected chi connectivity index (χ3v) is 4.99. The Labute approximate surface area is 93.4 Å². The van der Waals surface area contributed by atoms with Gasteiger partial charge in [0.15, 0.2) is 0 Å². The molecule has 84 valence electrons. The van der Waals surface area contributed by atoms with Crippen molar-refractivity contribution in [1.82, 2.24) is 0 Å². The zero-order valence-electron chi connectivity index (χ0n) is 10.5. The molecule has 0 aromatic heterocycles. The van der Waals surface area contributed by atoms with Gasteiger partial charge in [0.05, 0.1) is 53.7 Å². The lowest BCUT2D eigenvalue weighted by Gasteiger charge is -2.50. The summed E-state index contributed by atoms with van der Waals surface area (Å²) in [6, 6.07) is 0.792. The van der Waals surface area contributed by atoms with E-state index in [0.29, 0.717) is 0 Å². The van der Waals surface area contributed by atoms with E-state index in [9.17, 15) is 0 Å². The fourth-order valence-corrected chi connectivity index (χ4v) is 4.46. The molecule has 4 rings (SSSR count). The molecule has 4 atom stereocenters. The Morgan fingerprint density at radius 3 is 2.20 bits per heavy atom. The number of hydrogen-bond donors (Lipinski definition) is 0. The van der Waals surface area contributed by atoms with Gasteiger partial charge >= 0.3 is 0 Å². The predicted octanol–water partition coefficient (Wildman–Crippen LogP) is 0.953. The second-order valence-electron chi connectivity index (χ2n) is 7.13. The Morgan fingerprint density at radius 2 is 1.53 bits per heavy atom. The summed E-state index contributed by atoms with van der Waals surface area (Å²) in [4.78, 5) is 0. The van der Waals surface area contributed by atoms with E-state index in [0.717, 1.165) is 23.8 Å². The number of likely N-dealkylation sites (tertiary alicyclic amines) is 1. The highest BCUT2D eigenvalue weighted by Gasteiger charge is 2.57. The van der Waals surface area contributed by atoms with Gasteiger partial charge in [0, 0.05) is 11.8 Å². The summed E-state index contributed by atoms with van der Waals surface area (Å²) in [5, 5.41) is 0. The molecule has 2 fully saturated rings. The van der Waals surface area contributed by atoms with E-state index in [4.69, 9.17) is 0 Å². The van der Waals surface area contributed by atoms with Crippen LogP contribution in [0.4, 0.5) is 0 Å². The van der Waals surface area contributed by atoms with Gasteiger partial charge in [-0.3, -0.25) is 0 Å². The summed E-state index contributed by atoms with van der Waals surface area (Å²) in [5.41, 5.74) is 0. The minimum Gasteiger partial charge on any atom is -0.328 e. The molecule has 3 aliphatic heterocycles. The molecule has 1 aliphatic carbocycles. The summed E-state index contributed by atoms with van der Waals surface area (Å²) in [6.45, 7) is 4.15. The Balaban J connectivity index is 1.96. The highest BCUT2D eigenvalue weighted by molar-refractivity contribution is 5.11. The number of nitrogens with zero attached hydrogens (tertiary/aromatic N) is 2. The molecule has 2 heteroatoms. The first-order valence-corrected chi connectivity index (χ1v) is 6.22. The van der Waals surface area contributed by atoms with Gasteiger partial charge in [0.25, 0.3) is 0 Å². The van der Waals surface area contributed by atoms with Crippen molar-refractivity contribution in [2.45, 2.75) is 6.04 Å². The fraction of sp³-hybridized carbons (Fsp3) is 0.846. The lowest BCUT2D eigenvalue weighted by Crippen LogP contribution is -2.62. The normalized spacial score (nSPS) is 49.3. The summed E-state index contributed by atoms with van der Waals surface area (Å²) in [7, 11) is 9.63. The van der Waals surface area contributed by atoms with Crippen molar-refractivity contribution >= 4 is 0 Å². The quantitative estimate of drug-likeness (QED) is 0.411. The Bertz CT molecular complexity index is 316. The first-order valence-electron chi connectivity index (χ1n) is 6.22. The number of hydrogen-bond acceptors (Lipinski definition) is 0. The average Bonchev–Trinajstić information content (AvgIpc) is 2.39. The Kier molecular flexibility index (Phi) is 1.75. The summed E-state index contributed by atoms with van der Waals surface area (Å²) >= 11 is 0. The molecule has 0 aromatic rings. The topological polar surface area (TPSA) is 0 Å². The Hall–Kier alpha value is -0.340. The van der Waals surface area contributed by atoms with Gasteiger partial charge in [-0.15, -0.1) is 0 Å². The molecule has 0 spiro atoms. The predicted molar refractivity (Wildman–Crippen MR) is 62.2 cm³/mol. The second-order valence-corrected chi connectivity index (χ2v) is 7.13. The molecule has 2 bridgehead atoms. The molecule has 15 heavy (non-hydrogen) atoms. The smallest absolute Gasteiger partial charge is 0.116 e. The molecule has 3 heterocycles. The Morgan fingerprint density at radius 1 is 0.867 bits per heavy atom. The van der Waals surface area contributed by atoms with Crippen LogP contribution in [-0.2, 0) is 0 Å². The molecule has 0 amide bonds. The van der Waals surface area contributed by atoms with Crippen molar-refractivity contribution < 1.29 is 8.97 Å². The highest BCUT2D eigenvalue weighted by atomic mass is 15.4. The van der Waals surface area contributed by atoms with Gasteiger partial charge in [-0.25, -0.2) is 0 Å². The number of fused-ring (bicyclic) bond motifs is 1. The second kappa shape index (κ2) is 2.67. The first-order chi connectivity index (χ1) is 6.89. The van der Waals surface area contributed by atoms with Crippen LogP contribution in [0.2, 0.25) is 0 Å². The molecular formula is C13H24N2+2. The lowest BCUT2D eigenvalue weighted by molar-refractivity contribution is -0.925. The fourth-order valence-electron chi connectivity index (χ4n) is 4.46. The van der Waals surface area contributed by atoms with E-state index in [-0.39, 0.29) is 0 Å². The van der Waals surface area contributed by atoms with Crippen LogP contribution in [-0.4, -0.2) is 62.8 Å². The molecule has 4 aliphatic rings. The number of piperidine rings is 1. The van der Waals surface area contributed by atoms with E-state index in [1.165, 1.54) is 28.6 Å². The standard InChI is InChI=1S/C13H24N2/c1-14(2)8-11-10-5-6-13(12(11)9-14)15(3,4)7-10/h5-6,10-13H,7-9H2,1-4H3/q+2.